The van der Waals surface area contributed by atoms with Crippen LogP contribution in [0.2, 0.25) is 0 Å². The fraction of sp³-hybridized carbons (Fsp3) is 0.500. The second-order valence-corrected chi connectivity index (χ2v) is 8.49. The van der Waals surface area contributed by atoms with Gasteiger partial charge in [0.1, 0.15) is 0 Å². The van der Waals surface area contributed by atoms with Crippen molar-refractivity contribution in [2.75, 3.05) is 25.0 Å². The molecule has 0 radical (unpaired) electrons. The van der Waals surface area contributed by atoms with Gasteiger partial charge in [-0.3, -0.25) is 14.7 Å². The molecule has 32 heavy (non-hydrogen) atoms. The number of anilines is 1. The molecule has 0 saturated carbocycles. The van der Waals surface area contributed by atoms with Crippen molar-refractivity contribution < 1.29 is 32.6 Å². The first kappa shape index (κ1) is 24.1. The maximum absolute atomic E-state index is 12.8. The number of piperidine rings is 1. The summed E-state index contributed by atoms with van der Waals surface area (Å²) >= 11 is 1.79. The minimum Gasteiger partial charge on any atom is -0.475 e. The lowest BCUT2D eigenvalue weighted by molar-refractivity contribution is -0.192. The van der Waals surface area contributed by atoms with Crippen molar-refractivity contribution in [3.63, 3.8) is 0 Å². The molecule has 2 aromatic rings. The number of hydrogen-bond acceptors (Lipinski definition) is 7. The number of carbonyl (C=O) groups excluding carboxylic acids is 1. The number of hydrogen-bond donors (Lipinski definition) is 2. The molecule has 2 saturated heterocycles. The molecule has 2 aliphatic rings. The van der Waals surface area contributed by atoms with Gasteiger partial charge >= 0.3 is 12.1 Å². The van der Waals surface area contributed by atoms with E-state index >= 15 is 0 Å². The maximum Gasteiger partial charge on any atom is 0.490 e. The highest BCUT2D eigenvalue weighted by molar-refractivity contribution is 7.09. The Balaban J connectivity index is 0.000000360. The molecule has 2 fully saturated rings. The van der Waals surface area contributed by atoms with Crippen LogP contribution in [0.15, 0.2) is 36.1 Å². The van der Waals surface area contributed by atoms with E-state index in [1.807, 2.05) is 0 Å². The van der Waals surface area contributed by atoms with E-state index < -0.39 is 12.1 Å². The average Bonchev–Trinajstić information content (AvgIpc) is 3.27. The number of aromatic nitrogens is 2. The van der Waals surface area contributed by atoms with Crippen molar-refractivity contribution in [3.8, 4) is 0 Å². The number of likely N-dealkylation sites (tertiary alicyclic amines) is 1. The lowest BCUT2D eigenvalue weighted by Gasteiger charge is -2.44. The van der Waals surface area contributed by atoms with Crippen LogP contribution in [-0.2, 0) is 20.9 Å². The molecule has 0 spiro atoms. The first-order valence-corrected chi connectivity index (χ1v) is 10.9. The quantitative estimate of drug-likeness (QED) is 0.705. The van der Waals surface area contributed by atoms with E-state index in [1.165, 1.54) is 4.88 Å². The molecule has 0 bridgehead atoms. The van der Waals surface area contributed by atoms with Crippen molar-refractivity contribution in [2.45, 2.75) is 31.7 Å². The highest BCUT2D eigenvalue weighted by Crippen LogP contribution is 2.34. The van der Waals surface area contributed by atoms with E-state index in [4.69, 9.17) is 14.6 Å². The third-order valence-corrected chi connectivity index (χ3v) is 6.17. The van der Waals surface area contributed by atoms with Crippen LogP contribution < -0.4 is 5.32 Å². The third kappa shape index (κ3) is 6.71. The highest BCUT2D eigenvalue weighted by Gasteiger charge is 2.41. The van der Waals surface area contributed by atoms with Crippen molar-refractivity contribution >= 4 is 29.0 Å². The minimum absolute atomic E-state index is 0.0353. The Kier molecular flexibility index (Phi) is 8.15. The van der Waals surface area contributed by atoms with Crippen LogP contribution in [-0.4, -0.2) is 63.8 Å². The summed E-state index contributed by atoms with van der Waals surface area (Å²) in [4.78, 5) is 33.7. The predicted molar refractivity (Wildman–Crippen MR) is 110 cm³/mol. The lowest BCUT2D eigenvalue weighted by atomic mass is 9.79. The molecule has 2 aromatic heterocycles. The highest BCUT2D eigenvalue weighted by atomic mass is 32.1. The third-order valence-electron chi connectivity index (χ3n) is 5.31. The number of alkyl halides is 3. The summed E-state index contributed by atoms with van der Waals surface area (Å²) in [6, 6.07) is 4.26. The first-order chi connectivity index (χ1) is 15.2. The van der Waals surface area contributed by atoms with Crippen LogP contribution in [0.4, 0.5) is 19.0 Å². The smallest absolute Gasteiger partial charge is 0.475 e. The van der Waals surface area contributed by atoms with Crippen molar-refractivity contribution in [3.05, 3.63) is 41.0 Å². The van der Waals surface area contributed by atoms with Crippen LogP contribution in [0.3, 0.4) is 0 Å². The maximum atomic E-state index is 12.8. The van der Waals surface area contributed by atoms with Gasteiger partial charge in [-0.05, 0) is 24.3 Å². The Labute approximate surface area is 186 Å². The summed E-state index contributed by atoms with van der Waals surface area (Å²) in [6.45, 7) is 3.54. The topological polar surface area (TPSA) is 105 Å². The molecule has 2 N–H and O–H groups in total. The van der Waals surface area contributed by atoms with Crippen LogP contribution in [0, 0.1) is 11.8 Å². The largest absolute Gasteiger partial charge is 0.490 e. The van der Waals surface area contributed by atoms with Gasteiger partial charge < -0.3 is 15.2 Å². The zero-order valence-electron chi connectivity index (χ0n) is 17.0. The van der Waals surface area contributed by atoms with Gasteiger partial charge in [0.15, 0.2) is 5.82 Å². The average molecular weight is 472 g/mol. The molecule has 8 nitrogen and oxygen atoms in total. The van der Waals surface area contributed by atoms with Gasteiger partial charge in [0.05, 0.1) is 12.3 Å². The molecule has 4 rings (SSSR count). The van der Waals surface area contributed by atoms with Gasteiger partial charge in [0, 0.05) is 55.3 Å². The summed E-state index contributed by atoms with van der Waals surface area (Å²) in [7, 11) is 0. The summed E-state index contributed by atoms with van der Waals surface area (Å²) in [5, 5.41) is 12.2. The number of ether oxygens (including phenoxy) is 1. The molecule has 2 aliphatic heterocycles. The first-order valence-electron chi connectivity index (χ1n) is 9.97. The second-order valence-electron chi connectivity index (χ2n) is 7.45. The molecule has 4 heterocycles. The molecule has 0 aliphatic carbocycles. The van der Waals surface area contributed by atoms with Crippen molar-refractivity contribution in [1.82, 2.24) is 14.9 Å². The van der Waals surface area contributed by atoms with Gasteiger partial charge in [-0.2, -0.15) is 13.2 Å². The van der Waals surface area contributed by atoms with Crippen LogP contribution >= 0.6 is 11.3 Å². The molecule has 1 amide bonds. The standard InChI is InChI=1S/C18H22N4O2S.C2HF3O2/c23-18(21-17-10-19-5-6-20-17)14-4-8-24-16-3-7-22(12-15(14)16)11-13-2-1-9-25-13;3-2(4,5)1(6)7/h1-2,5-6,9-10,14-16H,3-4,7-8,11-12H2,(H,20,21,23);(H,6,7)/t14-,15+,16-;/m1./s1. The minimum atomic E-state index is -5.08. The number of nitrogens with one attached hydrogen (secondary N) is 1. The summed E-state index contributed by atoms with van der Waals surface area (Å²) in [5.74, 6) is -2.00. The van der Waals surface area contributed by atoms with Crippen LogP contribution in [0.5, 0.6) is 0 Å². The number of halogens is 3. The molecular formula is C20H23F3N4O4S. The normalized spacial score (nSPS) is 23.4. The summed E-state index contributed by atoms with van der Waals surface area (Å²) in [6.07, 6.45) is 1.63. The van der Waals surface area contributed by atoms with Crippen molar-refractivity contribution in [2.24, 2.45) is 11.8 Å². The van der Waals surface area contributed by atoms with Crippen molar-refractivity contribution in [1.29, 1.82) is 0 Å². The number of aliphatic carboxylic acids is 1. The number of carbonyl (C=O) groups is 2. The Morgan fingerprint density at radius 2 is 2.09 bits per heavy atom. The Morgan fingerprint density at radius 1 is 1.31 bits per heavy atom. The zero-order valence-corrected chi connectivity index (χ0v) is 17.8. The number of rotatable bonds is 4. The van der Waals surface area contributed by atoms with Gasteiger partial charge in [0.25, 0.3) is 0 Å². The molecule has 12 heteroatoms. The van der Waals surface area contributed by atoms with Gasteiger partial charge in [-0.1, -0.05) is 6.07 Å². The number of thiophene rings is 1. The number of amides is 1. The predicted octanol–water partition coefficient (Wildman–Crippen LogP) is 3.04. The van der Waals surface area contributed by atoms with Gasteiger partial charge in [-0.25, -0.2) is 9.78 Å². The Morgan fingerprint density at radius 3 is 2.72 bits per heavy atom. The van der Waals surface area contributed by atoms with E-state index in [2.05, 4.69) is 37.7 Å². The number of carboxylic acid groups (broad SMARTS) is 1. The van der Waals surface area contributed by atoms with E-state index in [1.54, 1.807) is 29.9 Å². The fourth-order valence-electron chi connectivity index (χ4n) is 3.86. The monoisotopic (exact) mass is 472 g/mol. The molecule has 0 aromatic carbocycles. The lowest BCUT2D eigenvalue weighted by Crippen LogP contribution is -2.52. The number of nitrogens with zero attached hydrogens (tertiary/aromatic N) is 3. The van der Waals surface area contributed by atoms with E-state index in [9.17, 15) is 18.0 Å². The molecule has 0 unspecified atom stereocenters. The molecular weight excluding hydrogens is 449 g/mol. The molecule has 174 valence electrons. The number of fused-ring (bicyclic) bond motifs is 1. The molecule has 3 atom stereocenters. The van der Waals surface area contributed by atoms with E-state index in [0.29, 0.717) is 12.4 Å². The van der Waals surface area contributed by atoms with Gasteiger partial charge in [0.2, 0.25) is 5.91 Å². The Bertz CT molecular complexity index is 883. The van der Waals surface area contributed by atoms with Crippen LogP contribution in [0.1, 0.15) is 17.7 Å². The fourth-order valence-corrected chi connectivity index (χ4v) is 4.61. The van der Waals surface area contributed by atoms with E-state index in [0.717, 1.165) is 32.5 Å². The second kappa shape index (κ2) is 10.8. The van der Waals surface area contributed by atoms with Crippen LogP contribution in [0.25, 0.3) is 0 Å². The zero-order chi connectivity index (χ0) is 23.1. The summed E-state index contributed by atoms with van der Waals surface area (Å²) in [5.41, 5.74) is 0. The summed E-state index contributed by atoms with van der Waals surface area (Å²) < 4.78 is 37.7. The van der Waals surface area contributed by atoms with Gasteiger partial charge in [-0.15, -0.1) is 11.3 Å². The SMILES string of the molecule is O=C(Nc1cnccn1)[C@@H]1CCO[C@@H]2CCN(Cc3cccs3)C[C@H]21.O=C(O)C(F)(F)F. The number of carboxylic acids is 1. The Hall–Kier alpha value is -2.57. The van der Waals surface area contributed by atoms with E-state index in [-0.39, 0.29) is 23.8 Å².